The summed E-state index contributed by atoms with van der Waals surface area (Å²) in [5.74, 6) is 0. The molecule has 3 rings (SSSR count). The van der Waals surface area contributed by atoms with Crippen molar-refractivity contribution in [1.82, 2.24) is 4.90 Å². The molecule has 1 fully saturated rings. The molecule has 0 aromatic heterocycles. The normalized spacial score (nSPS) is 16.9. The van der Waals surface area contributed by atoms with Crippen molar-refractivity contribution in [3.05, 3.63) is 60.2 Å². The molecule has 0 saturated carbocycles. The van der Waals surface area contributed by atoms with Gasteiger partial charge in [-0.05, 0) is 36.6 Å². The zero-order valence-corrected chi connectivity index (χ0v) is 15.7. The Bertz CT molecular complexity index is 881. The molecule has 0 bridgehead atoms. The van der Waals surface area contributed by atoms with Crippen LogP contribution in [0.25, 0.3) is 0 Å². The van der Waals surface area contributed by atoms with Gasteiger partial charge < -0.3 is 15.0 Å². The molecule has 3 N–H and O–H groups in total. The number of amides is 2. The summed E-state index contributed by atoms with van der Waals surface area (Å²) in [4.78, 5) is 14.5. The highest BCUT2D eigenvalue weighted by Crippen LogP contribution is 2.18. The predicted octanol–water partition coefficient (Wildman–Crippen LogP) is 2.55. The van der Waals surface area contributed by atoms with Crippen LogP contribution in [-0.2, 0) is 21.3 Å². The summed E-state index contributed by atoms with van der Waals surface area (Å²) in [6.07, 6.45) is 1.91. The first-order valence-corrected chi connectivity index (χ1v) is 10.3. The Morgan fingerprint density at radius 1 is 1.19 bits per heavy atom. The van der Waals surface area contributed by atoms with Crippen LogP contribution in [0.5, 0.6) is 0 Å². The molecule has 2 amide bonds. The Morgan fingerprint density at radius 3 is 2.63 bits per heavy atom. The van der Waals surface area contributed by atoms with Gasteiger partial charge in [0.25, 0.3) is 0 Å². The minimum absolute atomic E-state index is 0.00946. The van der Waals surface area contributed by atoms with Crippen molar-refractivity contribution < 1.29 is 17.9 Å². The van der Waals surface area contributed by atoms with Gasteiger partial charge in [-0.3, -0.25) is 0 Å². The number of benzene rings is 2. The summed E-state index contributed by atoms with van der Waals surface area (Å²) in [5.41, 5.74) is 1.38. The maximum Gasteiger partial charge on any atom is 0.322 e. The van der Waals surface area contributed by atoms with Crippen LogP contribution in [0.1, 0.15) is 18.4 Å². The van der Waals surface area contributed by atoms with E-state index < -0.39 is 10.0 Å². The smallest absolute Gasteiger partial charge is 0.322 e. The maximum absolute atomic E-state index is 12.8. The highest BCUT2D eigenvalue weighted by atomic mass is 32.2. The zero-order chi connectivity index (χ0) is 19.3. The molecule has 1 aliphatic heterocycles. The van der Waals surface area contributed by atoms with E-state index >= 15 is 0 Å². The van der Waals surface area contributed by atoms with Gasteiger partial charge in [-0.25, -0.2) is 18.4 Å². The number of hydrogen-bond donors (Lipinski definition) is 2. The highest BCUT2D eigenvalue weighted by Gasteiger charge is 2.23. The van der Waals surface area contributed by atoms with Crippen LogP contribution in [0.2, 0.25) is 0 Å². The number of hydrogen-bond acceptors (Lipinski definition) is 4. The summed E-state index contributed by atoms with van der Waals surface area (Å²) in [7, 11) is -3.83. The molecule has 2 aromatic rings. The minimum atomic E-state index is -3.83. The topological polar surface area (TPSA) is 102 Å². The van der Waals surface area contributed by atoms with E-state index in [2.05, 4.69) is 5.32 Å². The molecular formula is C19H23N3O4S. The molecule has 27 heavy (non-hydrogen) atoms. The number of carbonyl (C=O) groups is 1. The van der Waals surface area contributed by atoms with Crippen molar-refractivity contribution in [2.24, 2.45) is 5.14 Å². The lowest BCUT2D eigenvalue weighted by Crippen LogP contribution is -2.39. The summed E-state index contributed by atoms with van der Waals surface area (Å²) in [5, 5.41) is 7.92. The first-order chi connectivity index (χ1) is 12.9. The van der Waals surface area contributed by atoms with Crippen molar-refractivity contribution in [2.75, 3.05) is 18.5 Å². The van der Waals surface area contributed by atoms with Crippen LogP contribution in [0, 0.1) is 0 Å². The zero-order valence-electron chi connectivity index (χ0n) is 14.9. The van der Waals surface area contributed by atoms with Gasteiger partial charge in [0.05, 0.1) is 11.0 Å². The molecule has 7 nitrogen and oxygen atoms in total. The van der Waals surface area contributed by atoms with Crippen LogP contribution in [0.3, 0.4) is 0 Å². The molecule has 0 radical (unpaired) electrons. The Morgan fingerprint density at radius 2 is 1.96 bits per heavy atom. The van der Waals surface area contributed by atoms with Crippen LogP contribution in [0.4, 0.5) is 10.5 Å². The second-order valence-corrected chi connectivity index (χ2v) is 8.07. The van der Waals surface area contributed by atoms with Gasteiger partial charge in [-0.2, -0.15) is 0 Å². The summed E-state index contributed by atoms with van der Waals surface area (Å²) >= 11 is 0. The van der Waals surface area contributed by atoms with Crippen molar-refractivity contribution in [2.45, 2.75) is 30.4 Å². The van der Waals surface area contributed by atoms with Gasteiger partial charge in [-0.1, -0.05) is 36.4 Å². The third kappa shape index (κ3) is 5.53. The molecule has 144 valence electrons. The SMILES string of the molecule is NS(=O)(=O)c1cccc(NC(=O)N(Cc2ccccc2)CC2CCCO2)c1. The Labute approximate surface area is 159 Å². The summed E-state index contributed by atoms with van der Waals surface area (Å²) in [6.45, 7) is 1.61. The number of nitrogens with zero attached hydrogens (tertiary/aromatic N) is 1. The van der Waals surface area contributed by atoms with Crippen molar-refractivity contribution in [3.8, 4) is 0 Å². The fraction of sp³-hybridized carbons (Fsp3) is 0.316. The maximum atomic E-state index is 12.8. The summed E-state index contributed by atoms with van der Waals surface area (Å²) < 4.78 is 28.7. The first-order valence-electron chi connectivity index (χ1n) is 8.76. The van der Waals surface area contributed by atoms with Crippen molar-refractivity contribution >= 4 is 21.7 Å². The fourth-order valence-corrected chi connectivity index (χ4v) is 3.57. The van der Waals surface area contributed by atoms with Gasteiger partial charge >= 0.3 is 6.03 Å². The lowest BCUT2D eigenvalue weighted by atomic mass is 10.2. The van der Waals surface area contributed by atoms with Crippen LogP contribution >= 0.6 is 0 Å². The molecule has 0 aliphatic carbocycles. The van der Waals surface area contributed by atoms with Gasteiger partial charge in [0.15, 0.2) is 0 Å². The van der Waals surface area contributed by atoms with Gasteiger partial charge in [0.2, 0.25) is 10.0 Å². The van der Waals surface area contributed by atoms with E-state index in [1.54, 1.807) is 11.0 Å². The van der Waals surface area contributed by atoms with E-state index in [1.165, 1.54) is 18.2 Å². The number of anilines is 1. The van der Waals surface area contributed by atoms with E-state index in [9.17, 15) is 13.2 Å². The van der Waals surface area contributed by atoms with E-state index in [-0.39, 0.29) is 17.0 Å². The summed E-state index contributed by atoms with van der Waals surface area (Å²) in [6, 6.07) is 15.3. The number of urea groups is 1. The number of ether oxygens (including phenoxy) is 1. The molecule has 1 aliphatic rings. The molecule has 0 spiro atoms. The number of nitrogens with one attached hydrogen (secondary N) is 1. The minimum Gasteiger partial charge on any atom is -0.376 e. The largest absolute Gasteiger partial charge is 0.376 e. The third-order valence-electron chi connectivity index (χ3n) is 4.37. The molecule has 1 atom stereocenters. The fourth-order valence-electron chi connectivity index (χ4n) is 3.01. The first kappa shape index (κ1) is 19.3. The van der Waals surface area contributed by atoms with E-state index in [4.69, 9.17) is 9.88 Å². The molecule has 2 aromatic carbocycles. The lowest BCUT2D eigenvalue weighted by molar-refractivity contribution is 0.0819. The molecule has 8 heteroatoms. The van der Waals surface area contributed by atoms with Gasteiger partial charge in [0, 0.05) is 25.4 Å². The molecular weight excluding hydrogens is 366 g/mol. The van der Waals surface area contributed by atoms with Crippen LogP contribution < -0.4 is 10.5 Å². The lowest BCUT2D eigenvalue weighted by Gasteiger charge is -2.26. The monoisotopic (exact) mass is 389 g/mol. The van der Waals surface area contributed by atoms with E-state index in [1.807, 2.05) is 30.3 Å². The van der Waals surface area contributed by atoms with Crippen molar-refractivity contribution in [3.63, 3.8) is 0 Å². The molecule has 1 heterocycles. The van der Waals surface area contributed by atoms with Crippen LogP contribution in [0.15, 0.2) is 59.5 Å². The quantitative estimate of drug-likeness (QED) is 0.793. The molecule has 1 saturated heterocycles. The Kier molecular flexibility index (Phi) is 6.10. The second kappa shape index (κ2) is 8.51. The van der Waals surface area contributed by atoms with Crippen molar-refractivity contribution in [1.29, 1.82) is 0 Å². The van der Waals surface area contributed by atoms with Gasteiger partial charge in [0.1, 0.15) is 0 Å². The molecule has 1 unspecified atom stereocenters. The van der Waals surface area contributed by atoms with Gasteiger partial charge in [-0.15, -0.1) is 0 Å². The number of sulfonamides is 1. The third-order valence-corrected chi connectivity index (χ3v) is 5.28. The standard InChI is InChI=1S/C19H23N3O4S/c20-27(24,25)18-10-4-8-16(12-18)21-19(23)22(14-17-9-5-11-26-17)13-15-6-2-1-3-7-15/h1-4,6-8,10,12,17H,5,9,11,13-14H2,(H,21,23)(H2,20,24,25). The number of carbonyl (C=O) groups excluding carboxylic acids is 1. The second-order valence-electron chi connectivity index (χ2n) is 6.50. The predicted molar refractivity (Wildman–Crippen MR) is 103 cm³/mol. The highest BCUT2D eigenvalue weighted by molar-refractivity contribution is 7.89. The number of nitrogens with two attached hydrogens (primary N) is 1. The average Bonchev–Trinajstić information content (AvgIpc) is 3.15. The Balaban J connectivity index is 1.75. The van der Waals surface area contributed by atoms with Crippen LogP contribution in [-0.4, -0.2) is 38.6 Å². The number of rotatable bonds is 6. The van der Waals surface area contributed by atoms with E-state index in [0.29, 0.717) is 25.4 Å². The average molecular weight is 389 g/mol. The Hall–Kier alpha value is -2.42. The van der Waals surface area contributed by atoms with E-state index in [0.717, 1.165) is 18.4 Å². The number of primary sulfonamides is 1.